The minimum atomic E-state index is -3.89. The summed E-state index contributed by atoms with van der Waals surface area (Å²) in [5.74, 6) is 0.549. The van der Waals surface area contributed by atoms with Crippen molar-refractivity contribution in [3.63, 3.8) is 0 Å². The number of aryl methyl sites for hydroxylation is 3. The van der Waals surface area contributed by atoms with Crippen LogP contribution in [0.4, 0.5) is 5.82 Å². The largest absolute Gasteiger partial charge is 0.360 e. The molecule has 0 bridgehead atoms. The third kappa shape index (κ3) is 2.82. The molecule has 1 N–H and O–H groups in total. The van der Waals surface area contributed by atoms with E-state index in [9.17, 15) is 13.2 Å². The number of carbonyl (C=O) groups excluding carboxylic acids is 1. The molecule has 130 valence electrons. The van der Waals surface area contributed by atoms with Gasteiger partial charge in [0.1, 0.15) is 22.4 Å². The molecule has 0 saturated carbocycles. The van der Waals surface area contributed by atoms with Crippen LogP contribution in [0.3, 0.4) is 0 Å². The zero-order chi connectivity index (χ0) is 17.5. The van der Waals surface area contributed by atoms with E-state index < -0.39 is 16.1 Å². The van der Waals surface area contributed by atoms with Crippen LogP contribution in [0.5, 0.6) is 0 Å². The van der Waals surface area contributed by atoms with Crippen LogP contribution in [-0.2, 0) is 21.9 Å². The molecule has 1 fully saturated rings. The molecular weight excluding hydrogens is 334 g/mol. The van der Waals surface area contributed by atoms with Gasteiger partial charge in [-0.1, -0.05) is 5.16 Å². The Bertz CT molecular complexity index is 850. The fourth-order valence-electron chi connectivity index (χ4n) is 2.95. The van der Waals surface area contributed by atoms with E-state index in [1.54, 1.807) is 35.8 Å². The highest BCUT2D eigenvalue weighted by atomic mass is 32.2. The summed E-state index contributed by atoms with van der Waals surface area (Å²) in [5, 5.41) is 7.71. The third-order valence-corrected chi connectivity index (χ3v) is 5.76. The second kappa shape index (κ2) is 6.02. The third-order valence-electron chi connectivity index (χ3n) is 4.04. The molecule has 1 amide bonds. The molecule has 1 aliphatic rings. The molecule has 0 aliphatic carbocycles. The summed E-state index contributed by atoms with van der Waals surface area (Å²) >= 11 is 0. The minimum absolute atomic E-state index is 0.00652. The van der Waals surface area contributed by atoms with Crippen LogP contribution in [0.2, 0.25) is 0 Å². The first-order valence-electron chi connectivity index (χ1n) is 7.56. The van der Waals surface area contributed by atoms with Gasteiger partial charge in [-0.2, -0.15) is 9.82 Å². The van der Waals surface area contributed by atoms with Gasteiger partial charge in [0, 0.05) is 19.7 Å². The molecule has 1 saturated heterocycles. The van der Waals surface area contributed by atoms with Gasteiger partial charge < -0.3 is 4.52 Å². The lowest BCUT2D eigenvalue weighted by Gasteiger charge is -2.32. The molecule has 10 heteroatoms. The lowest BCUT2D eigenvalue weighted by molar-refractivity contribution is -0.121. The van der Waals surface area contributed by atoms with Crippen LogP contribution in [0.25, 0.3) is 0 Å². The van der Waals surface area contributed by atoms with Crippen molar-refractivity contribution in [1.29, 1.82) is 0 Å². The number of nitrogens with one attached hydrogen (secondary N) is 1. The van der Waals surface area contributed by atoms with Gasteiger partial charge in [-0.25, -0.2) is 8.42 Å². The van der Waals surface area contributed by atoms with Crippen molar-refractivity contribution >= 4 is 21.7 Å². The number of hydrogen-bond donors (Lipinski definition) is 1. The highest BCUT2D eigenvalue weighted by molar-refractivity contribution is 7.89. The first kappa shape index (κ1) is 16.7. The topological polar surface area (TPSA) is 110 Å². The Hall–Kier alpha value is -2.20. The molecule has 0 unspecified atom stereocenters. The van der Waals surface area contributed by atoms with E-state index in [0.29, 0.717) is 25.2 Å². The van der Waals surface area contributed by atoms with Gasteiger partial charge in [-0.3, -0.25) is 14.4 Å². The molecule has 3 rings (SSSR count). The lowest BCUT2D eigenvalue weighted by Crippen LogP contribution is -2.52. The zero-order valence-electron chi connectivity index (χ0n) is 13.7. The normalized spacial score (nSPS) is 19.0. The number of sulfonamides is 1. The van der Waals surface area contributed by atoms with E-state index in [1.807, 2.05) is 0 Å². The molecule has 1 atom stereocenters. The van der Waals surface area contributed by atoms with Gasteiger partial charge >= 0.3 is 0 Å². The number of piperidine rings is 1. The maximum absolute atomic E-state index is 12.7. The summed E-state index contributed by atoms with van der Waals surface area (Å²) in [4.78, 5) is 14.3. The average molecular weight is 353 g/mol. The molecule has 2 aromatic rings. The first-order chi connectivity index (χ1) is 11.3. The average Bonchev–Trinajstić information content (AvgIpc) is 3.07. The highest BCUT2D eigenvalue weighted by Gasteiger charge is 2.35. The SMILES string of the molecule is Cc1noc(C)c1S(=O)(=O)N[C@@H]1CCCN(c2ccnn2C)C1=O. The van der Waals surface area contributed by atoms with Crippen LogP contribution in [0.1, 0.15) is 24.3 Å². The van der Waals surface area contributed by atoms with Gasteiger partial charge in [-0.15, -0.1) is 0 Å². The summed E-state index contributed by atoms with van der Waals surface area (Å²) in [5.41, 5.74) is 0.270. The van der Waals surface area contributed by atoms with Crippen molar-refractivity contribution in [1.82, 2.24) is 19.7 Å². The summed E-state index contributed by atoms with van der Waals surface area (Å²) < 4.78 is 34.2. The van der Waals surface area contributed by atoms with E-state index >= 15 is 0 Å². The molecule has 2 aromatic heterocycles. The lowest BCUT2D eigenvalue weighted by atomic mass is 10.1. The summed E-state index contributed by atoms with van der Waals surface area (Å²) in [6.07, 6.45) is 2.72. The number of anilines is 1. The van der Waals surface area contributed by atoms with Crippen LogP contribution in [0, 0.1) is 13.8 Å². The first-order valence-corrected chi connectivity index (χ1v) is 9.04. The predicted octanol–water partition coefficient (Wildman–Crippen LogP) is 0.499. The van der Waals surface area contributed by atoms with E-state index in [2.05, 4.69) is 15.0 Å². The van der Waals surface area contributed by atoms with E-state index in [4.69, 9.17) is 4.52 Å². The Labute approximate surface area is 139 Å². The summed E-state index contributed by atoms with van der Waals surface area (Å²) in [7, 11) is -2.15. The Morgan fingerprint density at radius 2 is 2.12 bits per heavy atom. The van der Waals surface area contributed by atoms with Crippen LogP contribution in [0.15, 0.2) is 21.7 Å². The molecule has 9 nitrogen and oxygen atoms in total. The summed E-state index contributed by atoms with van der Waals surface area (Å²) in [6, 6.07) is 0.899. The van der Waals surface area contributed by atoms with Crippen LogP contribution < -0.4 is 9.62 Å². The van der Waals surface area contributed by atoms with Gasteiger partial charge in [0.15, 0.2) is 5.76 Å². The standard InChI is InChI=1S/C14H19N5O4S/c1-9-13(10(2)23-16-9)24(21,22)17-11-5-4-8-19(14(11)20)12-6-7-15-18(12)3/h6-7,11,17H,4-5,8H2,1-3H3/t11-/m1/s1. The maximum Gasteiger partial charge on any atom is 0.246 e. The number of nitrogens with zero attached hydrogens (tertiary/aromatic N) is 4. The van der Waals surface area contributed by atoms with E-state index in [1.165, 1.54) is 6.92 Å². The van der Waals surface area contributed by atoms with Gasteiger partial charge in [0.2, 0.25) is 15.9 Å². The molecule has 1 aliphatic heterocycles. The van der Waals surface area contributed by atoms with Crippen molar-refractivity contribution in [2.75, 3.05) is 11.4 Å². The number of aromatic nitrogens is 3. The minimum Gasteiger partial charge on any atom is -0.360 e. The Kier molecular flexibility index (Phi) is 4.18. The second-order valence-electron chi connectivity index (χ2n) is 5.77. The molecule has 0 aromatic carbocycles. The number of rotatable bonds is 4. The van der Waals surface area contributed by atoms with E-state index in [-0.39, 0.29) is 22.3 Å². The fraction of sp³-hybridized carbons (Fsp3) is 0.500. The number of hydrogen-bond acceptors (Lipinski definition) is 6. The van der Waals surface area contributed by atoms with Crippen molar-refractivity contribution in [3.8, 4) is 0 Å². The van der Waals surface area contributed by atoms with Crippen LogP contribution in [-0.4, -0.2) is 41.8 Å². The molecule has 3 heterocycles. The quantitative estimate of drug-likeness (QED) is 0.857. The van der Waals surface area contributed by atoms with Crippen molar-refractivity contribution < 1.29 is 17.7 Å². The number of carbonyl (C=O) groups is 1. The van der Waals surface area contributed by atoms with E-state index in [0.717, 1.165) is 0 Å². The summed E-state index contributed by atoms with van der Waals surface area (Å²) in [6.45, 7) is 3.61. The number of amides is 1. The highest BCUT2D eigenvalue weighted by Crippen LogP contribution is 2.23. The van der Waals surface area contributed by atoms with Crippen molar-refractivity contribution in [2.24, 2.45) is 7.05 Å². The Morgan fingerprint density at radius 3 is 2.71 bits per heavy atom. The van der Waals surface area contributed by atoms with Gasteiger partial charge in [0.05, 0.1) is 6.20 Å². The Morgan fingerprint density at radius 1 is 1.38 bits per heavy atom. The molecule has 24 heavy (non-hydrogen) atoms. The monoisotopic (exact) mass is 353 g/mol. The smallest absolute Gasteiger partial charge is 0.246 e. The van der Waals surface area contributed by atoms with Crippen molar-refractivity contribution in [2.45, 2.75) is 37.6 Å². The van der Waals surface area contributed by atoms with Gasteiger partial charge in [-0.05, 0) is 26.7 Å². The van der Waals surface area contributed by atoms with Crippen molar-refractivity contribution in [3.05, 3.63) is 23.7 Å². The fourth-order valence-corrected chi connectivity index (χ4v) is 4.50. The maximum atomic E-state index is 12.7. The predicted molar refractivity (Wildman–Crippen MR) is 84.9 cm³/mol. The molecule has 0 spiro atoms. The Balaban J connectivity index is 1.85. The zero-order valence-corrected chi connectivity index (χ0v) is 14.5. The second-order valence-corrected chi connectivity index (χ2v) is 7.42. The molecular formula is C14H19N5O4S. The van der Waals surface area contributed by atoms with Gasteiger partial charge in [0.25, 0.3) is 0 Å². The van der Waals surface area contributed by atoms with Crippen LogP contribution >= 0.6 is 0 Å². The molecule has 0 radical (unpaired) electrons.